The second-order valence-corrected chi connectivity index (χ2v) is 3.56. The topological polar surface area (TPSA) is 42.7 Å². The summed E-state index contributed by atoms with van der Waals surface area (Å²) in [5.41, 5.74) is 0. The Bertz CT molecular complexity index is 346. The quantitative estimate of drug-likeness (QED) is 0.487. The fourth-order valence-corrected chi connectivity index (χ4v) is 1.20. The Morgan fingerprint density at radius 2 is 2.36 bits per heavy atom. The Morgan fingerprint density at radius 3 is 2.86 bits per heavy atom. The summed E-state index contributed by atoms with van der Waals surface area (Å²) in [5, 5.41) is 1.13. The van der Waals surface area contributed by atoms with Crippen molar-refractivity contribution in [1.82, 2.24) is 5.06 Å². The van der Waals surface area contributed by atoms with E-state index in [0.29, 0.717) is 5.76 Å². The third kappa shape index (κ3) is 3.15. The molecule has 5 heteroatoms. The highest BCUT2D eigenvalue weighted by molar-refractivity contribution is 14.1. The molecular formula is C9H10INO3. The van der Waals surface area contributed by atoms with Gasteiger partial charge in [-0.3, -0.25) is 9.63 Å². The van der Waals surface area contributed by atoms with Crippen molar-refractivity contribution in [2.75, 3.05) is 14.2 Å². The van der Waals surface area contributed by atoms with Crippen molar-refractivity contribution in [2.45, 2.75) is 0 Å². The van der Waals surface area contributed by atoms with Crippen LogP contribution in [-0.4, -0.2) is 25.1 Å². The second kappa shape index (κ2) is 5.16. The molecule has 0 saturated heterocycles. The number of amides is 1. The van der Waals surface area contributed by atoms with Gasteiger partial charge in [-0.15, -0.1) is 0 Å². The maximum absolute atomic E-state index is 11.2. The number of hydroxylamine groups is 2. The van der Waals surface area contributed by atoms with Crippen molar-refractivity contribution in [3.8, 4) is 0 Å². The number of likely N-dealkylation sites (N-methyl/N-ethyl adjacent to an activating group) is 1. The number of carbonyl (C=O) groups excluding carboxylic acids is 1. The molecule has 14 heavy (non-hydrogen) atoms. The van der Waals surface area contributed by atoms with Gasteiger partial charge in [0.15, 0.2) is 3.77 Å². The van der Waals surface area contributed by atoms with E-state index in [1.807, 2.05) is 6.07 Å². The second-order valence-electron chi connectivity index (χ2n) is 2.49. The minimum absolute atomic E-state index is 0.237. The minimum atomic E-state index is -0.237. The summed E-state index contributed by atoms with van der Waals surface area (Å²) in [4.78, 5) is 15.9. The van der Waals surface area contributed by atoms with Gasteiger partial charge in [-0.2, -0.15) is 0 Å². The Morgan fingerprint density at radius 1 is 1.64 bits per heavy atom. The number of nitrogens with zero attached hydrogens (tertiary/aromatic N) is 1. The van der Waals surface area contributed by atoms with Crippen LogP contribution in [0.4, 0.5) is 0 Å². The monoisotopic (exact) mass is 307 g/mol. The van der Waals surface area contributed by atoms with Gasteiger partial charge in [0.25, 0.3) is 5.91 Å². The SMILES string of the molecule is CON(C)C(=O)/C=C/c1ccc(I)o1. The van der Waals surface area contributed by atoms with E-state index in [2.05, 4.69) is 22.6 Å². The number of furan rings is 1. The molecule has 0 aliphatic rings. The standard InChI is InChI=1S/C9H10INO3/c1-11(13-2)9(12)6-4-7-3-5-8(10)14-7/h3-6H,1-2H3/b6-4+. The molecule has 1 heterocycles. The molecule has 1 aromatic heterocycles. The molecule has 0 bridgehead atoms. The number of halogens is 1. The van der Waals surface area contributed by atoms with Crippen molar-refractivity contribution in [1.29, 1.82) is 0 Å². The molecule has 0 unspecified atom stereocenters. The molecule has 4 nitrogen and oxygen atoms in total. The molecule has 76 valence electrons. The van der Waals surface area contributed by atoms with E-state index in [0.717, 1.165) is 8.83 Å². The van der Waals surface area contributed by atoms with Gasteiger partial charge in [0.1, 0.15) is 5.76 Å². The van der Waals surface area contributed by atoms with Crippen LogP contribution in [0.15, 0.2) is 22.6 Å². The molecule has 1 aromatic rings. The summed E-state index contributed by atoms with van der Waals surface area (Å²) >= 11 is 2.06. The predicted octanol–water partition coefficient (Wildman–Crippen LogP) is 1.92. The molecule has 0 fully saturated rings. The van der Waals surface area contributed by atoms with Gasteiger partial charge in [-0.1, -0.05) is 0 Å². The molecule has 0 atom stereocenters. The number of hydrogen-bond acceptors (Lipinski definition) is 3. The van der Waals surface area contributed by atoms with E-state index in [4.69, 9.17) is 9.25 Å². The Labute approximate surface area is 95.6 Å². The number of carbonyl (C=O) groups is 1. The van der Waals surface area contributed by atoms with Gasteiger partial charge >= 0.3 is 0 Å². The van der Waals surface area contributed by atoms with Gasteiger partial charge in [0, 0.05) is 13.1 Å². The van der Waals surface area contributed by atoms with Crippen molar-refractivity contribution in [3.05, 3.63) is 27.7 Å². The molecule has 1 rings (SSSR count). The summed E-state index contributed by atoms with van der Waals surface area (Å²) in [6, 6.07) is 3.61. The normalized spacial score (nSPS) is 10.8. The Balaban J connectivity index is 2.60. The lowest BCUT2D eigenvalue weighted by molar-refractivity contribution is -0.162. The van der Waals surface area contributed by atoms with Crippen LogP contribution < -0.4 is 0 Å². The average molecular weight is 307 g/mol. The number of rotatable bonds is 3. The van der Waals surface area contributed by atoms with Crippen LogP contribution in [0.2, 0.25) is 0 Å². The zero-order chi connectivity index (χ0) is 10.6. The molecule has 0 spiro atoms. The van der Waals surface area contributed by atoms with Crippen LogP contribution in [-0.2, 0) is 9.63 Å². The fraction of sp³-hybridized carbons (Fsp3) is 0.222. The zero-order valence-corrected chi connectivity index (χ0v) is 10.0. The Hall–Kier alpha value is -0.820. The molecular weight excluding hydrogens is 297 g/mol. The van der Waals surface area contributed by atoms with Crippen LogP contribution in [0.1, 0.15) is 5.76 Å². The van der Waals surface area contributed by atoms with E-state index in [1.54, 1.807) is 19.2 Å². The summed E-state index contributed by atoms with van der Waals surface area (Å²) in [7, 11) is 2.97. The van der Waals surface area contributed by atoms with Crippen molar-refractivity contribution in [3.63, 3.8) is 0 Å². The first-order valence-electron chi connectivity index (χ1n) is 3.88. The highest BCUT2D eigenvalue weighted by atomic mass is 127. The van der Waals surface area contributed by atoms with E-state index < -0.39 is 0 Å². The average Bonchev–Trinajstić information content (AvgIpc) is 2.59. The molecule has 0 radical (unpaired) electrons. The fourth-order valence-electron chi connectivity index (χ4n) is 0.766. The summed E-state index contributed by atoms with van der Waals surface area (Å²) < 4.78 is 6.02. The molecule has 0 aliphatic carbocycles. The van der Waals surface area contributed by atoms with Crippen molar-refractivity contribution < 1.29 is 14.0 Å². The van der Waals surface area contributed by atoms with E-state index in [9.17, 15) is 4.79 Å². The summed E-state index contributed by atoms with van der Waals surface area (Å²) in [6.45, 7) is 0. The van der Waals surface area contributed by atoms with Gasteiger partial charge in [-0.05, 0) is 40.8 Å². The first kappa shape index (κ1) is 11.3. The summed E-state index contributed by atoms with van der Waals surface area (Å²) in [6.07, 6.45) is 2.98. The van der Waals surface area contributed by atoms with Crippen molar-refractivity contribution >= 4 is 34.6 Å². The van der Waals surface area contributed by atoms with Crippen LogP contribution in [0, 0.1) is 3.77 Å². The van der Waals surface area contributed by atoms with Gasteiger partial charge in [-0.25, -0.2) is 5.06 Å². The van der Waals surface area contributed by atoms with E-state index >= 15 is 0 Å². The van der Waals surface area contributed by atoms with Gasteiger partial charge in [0.2, 0.25) is 0 Å². The van der Waals surface area contributed by atoms with Crippen LogP contribution in [0.3, 0.4) is 0 Å². The molecule has 0 aromatic carbocycles. The highest BCUT2D eigenvalue weighted by Crippen LogP contribution is 2.11. The lowest BCUT2D eigenvalue weighted by atomic mass is 10.4. The lowest BCUT2D eigenvalue weighted by Gasteiger charge is -2.09. The Kier molecular flexibility index (Phi) is 4.15. The first-order chi connectivity index (χ1) is 6.63. The van der Waals surface area contributed by atoms with Crippen molar-refractivity contribution in [2.24, 2.45) is 0 Å². The molecule has 1 amide bonds. The molecule has 0 saturated carbocycles. The van der Waals surface area contributed by atoms with Gasteiger partial charge in [0.05, 0.1) is 7.11 Å². The van der Waals surface area contributed by atoms with Crippen LogP contribution in [0.5, 0.6) is 0 Å². The summed E-state index contributed by atoms with van der Waals surface area (Å²) in [5.74, 6) is 0.408. The van der Waals surface area contributed by atoms with Crippen LogP contribution >= 0.6 is 22.6 Å². The predicted molar refractivity (Wildman–Crippen MR) is 60.2 cm³/mol. The smallest absolute Gasteiger partial charge is 0.269 e. The van der Waals surface area contributed by atoms with E-state index in [1.165, 1.54) is 13.2 Å². The highest BCUT2D eigenvalue weighted by Gasteiger charge is 2.02. The third-order valence-corrected chi connectivity index (χ3v) is 2.15. The third-order valence-electron chi connectivity index (χ3n) is 1.57. The lowest BCUT2D eigenvalue weighted by Crippen LogP contribution is -2.22. The van der Waals surface area contributed by atoms with E-state index in [-0.39, 0.29) is 5.91 Å². The maximum atomic E-state index is 11.2. The van der Waals surface area contributed by atoms with Gasteiger partial charge < -0.3 is 4.42 Å². The largest absolute Gasteiger partial charge is 0.451 e. The number of hydrogen-bond donors (Lipinski definition) is 0. The zero-order valence-electron chi connectivity index (χ0n) is 7.86. The molecule has 0 aliphatic heterocycles. The first-order valence-corrected chi connectivity index (χ1v) is 4.96. The maximum Gasteiger partial charge on any atom is 0.269 e. The minimum Gasteiger partial charge on any atom is -0.451 e. The van der Waals surface area contributed by atoms with Crippen LogP contribution in [0.25, 0.3) is 6.08 Å². The molecule has 0 N–H and O–H groups in total.